The number of carbonyl (C=O) groups excluding carboxylic acids is 2. The summed E-state index contributed by atoms with van der Waals surface area (Å²) in [7, 11) is 0. The van der Waals surface area contributed by atoms with E-state index < -0.39 is 0 Å². The SMILES string of the molecule is CCOC(=O)CCCCC(/C=C/c1ccccc1OCc1ccccc1-c1ccccc1)Cc1ccc(C(=O)OCC)cc1. The average molecular weight is 591 g/mol. The van der Waals surface area contributed by atoms with Gasteiger partial charge in [0.05, 0.1) is 18.8 Å². The molecule has 0 saturated heterocycles. The van der Waals surface area contributed by atoms with Crippen molar-refractivity contribution in [3.05, 3.63) is 131 Å². The van der Waals surface area contributed by atoms with Gasteiger partial charge in [0.25, 0.3) is 0 Å². The fourth-order valence-corrected chi connectivity index (χ4v) is 5.16. The van der Waals surface area contributed by atoms with Gasteiger partial charge in [-0.05, 0) is 79.5 Å². The molecule has 0 heterocycles. The first kappa shape index (κ1) is 32.3. The molecule has 5 heteroatoms. The highest BCUT2D eigenvalue weighted by molar-refractivity contribution is 5.89. The number of para-hydroxylation sites is 1. The summed E-state index contributed by atoms with van der Waals surface area (Å²) in [5.74, 6) is 0.607. The molecule has 228 valence electrons. The number of benzene rings is 4. The Morgan fingerprint density at radius 1 is 0.750 bits per heavy atom. The topological polar surface area (TPSA) is 61.8 Å². The van der Waals surface area contributed by atoms with Gasteiger partial charge in [-0.2, -0.15) is 0 Å². The predicted octanol–water partition coefficient (Wildman–Crippen LogP) is 9.10. The summed E-state index contributed by atoms with van der Waals surface area (Å²) in [5, 5.41) is 0. The molecule has 0 fully saturated rings. The Morgan fingerprint density at radius 2 is 1.45 bits per heavy atom. The normalized spacial score (nSPS) is 11.7. The number of hydrogen-bond donors (Lipinski definition) is 0. The second-order valence-electron chi connectivity index (χ2n) is 10.6. The Bertz CT molecular complexity index is 1490. The van der Waals surface area contributed by atoms with E-state index in [2.05, 4.69) is 60.7 Å². The lowest BCUT2D eigenvalue weighted by atomic mass is 9.92. The van der Waals surface area contributed by atoms with Crippen molar-refractivity contribution in [2.24, 2.45) is 5.92 Å². The second kappa shape index (κ2) is 17.5. The lowest BCUT2D eigenvalue weighted by Crippen LogP contribution is -2.06. The van der Waals surface area contributed by atoms with Crippen LogP contribution in [0.5, 0.6) is 5.75 Å². The molecular weight excluding hydrogens is 548 g/mol. The molecule has 0 aromatic heterocycles. The fraction of sp³-hybridized carbons (Fsp3) is 0.282. The summed E-state index contributed by atoms with van der Waals surface area (Å²) in [6.45, 7) is 4.85. The van der Waals surface area contributed by atoms with Gasteiger partial charge in [0, 0.05) is 12.0 Å². The molecular formula is C39H42O5. The van der Waals surface area contributed by atoms with Crippen LogP contribution >= 0.6 is 0 Å². The van der Waals surface area contributed by atoms with Crippen molar-refractivity contribution in [3.63, 3.8) is 0 Å². The van der Waals surface area contributed by atoms with Crippen molar-refractivity contribution in [2.45, 2.75) is 52.6 Å². The number of ether oxygens (including phenoxy) is 3. The Kier molecular flexibility index (Phi) is 12.8. The smallest absolute Gasteiger partial charge is 0.338 e. The highest BCUT2D eigenvalue weighted by Crippen LogP contribution is 2.27. The van der Waals surface area contributed by atoms with E-state index in [-0.39, 0.29) is 17.9 Å². The summed E-state index contributed by atoms with van der Waals surface area (Å²) < 4.78 is 16.6. The quantitative estimate of drug-likeness (QED) is 0.0962. The lowest BCUT2D eigenvalue weighted by molar-refractivity contribution is -0.143. The van der Waals surface area contributed by atoms with Gasteiger partial charge in [-0.25, -0.2) is 4.79 Å². The first-order chi connectivity index (χ1) is 21.6. The maximum Gasteiger partial charge on any atom is 0.338 e. The molecule has 0 aliphatic carbocycles. The third-order valence-corrected chi connectivity index (χ3v) is 7.43. The van der Waals surface area contributed by atoms with E-state index in [9.17, 15) is 9.59 Å². The van der Waals surface area contributed by atoms with Crippen molar-refractivity contribution >= 4 is 18.0 Å². The van der Waals surface area contributed by atoms with Crippen molar-refractivity contribution in [2.75, 3.05) is 13.2 Å². The van der Waals surface area contributed by atoms with Gasteiger partial charge in [0.1, 0.15) is 12.4 Å². The number of allylic oxidation sites excluding steroid dienone is 1. The number of hydrogen-bond acceptors (Lipinski definition) is 5. The van der Waals surface area contributed by atoms with Crippen LogP contribution in [0.15, 0.2) is 109 Å². The summed E-state index contributed by atoms with van der Waals surface area (Å²) >= 11 is 0. The van der Waals surface area contributed by atoms with E-state index in [4.69, 9.17) is 14.2 Å². The minimum Gasteiger partial charge on any atom is -0.488 e. The summed E-state index contributed by atoms with van der Waals surface area (Å²) in [5.41, 5.74) is 6.17. The van der Waals surface area contributed by atoms with Crippen LogP contribution in [0.25, 0.3) is 17.2 Å². The van der Waals surface area contributed by atoms with Crippen molar-refractivity contribution in [1.82, 2.24) is 0 Å². The molecule has 0 amide bonds. The molecule has 1 atom stereocenters. The Labute approximate surface area is 261 Å². The molecule has 0 radical (unpaired) electrons. The largest absolute Gasteiger partial charge is 0.488 e. The lowest BCUT2D eigenvalue weighted by Gasteiger charge is -2.15. The second-order valence-corrected chi connectivity index (χ2v) is 10.6. The molecule has 0 saturated carbocycles. The maximum absolute atomic E-state index is 12.1. The van der Waals surface area contributed by atoms with E-state index in [0.29, 0.717) is 31.8 Å². The molecule has 0 spiro atoms. The number of unbranched alkanes of at least 4 members (excludes halogenated alkanes) is 1. The minimum absolute atomic E-state index is 0.144. The number of rotatable bonds is 16. The van der Waals surface area contributed by atoms with Gasteiger partial charge in [-0.1, -0.05) is 104 Å². The third-order valence-electron chi connectivity index (χ3n) is 7.43. The van der Waals surface area contributed by atoms with Crippen LogP contribution in [-0.2, 0) is 27.3 Å². The maximum atomic E-state index is 12.1. The predicted molar refractivity (Wildman–Crippen MR) is 176 cm³/mol. The van der Waals surface area contributed by atoms with Crippen LogP contribution in [0.2, 0.25) is 0 Å². The fourth-order valence-electron chi connectivity index (χ4n) is 5.16. The number of esters is 2. The van der Waals surface area contributed by atoms with E-state index in [1.54, 1.807) is 6.92 Å². The van der Waals surface area contributed by atoms with Crippen molar-refractivity contribution in [1.29, 1.82) is 0 Å². The minimum atomic E-state index is -0.308. The molecule has 0 N–H and O–H groups in total. The van der Waals surface area contributed by atoms with E-state index >= 15 is 0 Å². The van der Waals surface area contributed by atoms with Crippen LogP contribution in [0.3, 0.4) is 0 Å². The summed E-state index contributed by atoms with van der Waals surface area (Å²) in [6, 6.07) is 34.4. The van der Waals surface area contributed by atoms with Crippen molar-refractivity contribution in [3.8, 4) is 16.9 Å². The standard InChI is InChI=1S/C39H42O5/c1-3-42-38(40)21-13-8-14-30(28-31-23-26-34(27-24-31)39(41)43-4-2)22-25-33-17-10-12-20-37(33)44-29-35-18-9-11-19-36(35)32-15-6-5-7-16-32/h5-7,9-12,15-20,22-27,30H,3-4,8,13-14,21,28-29H2,1-2H3/b25-22+. The Hall–Kier alpha value is -4.64. The van der Waals surface area contributed by atoms with Gasteiger partial charge in [-0.15, -0.1) is 0 Å². The molecule has 4 aromatic carbocycles. The Morgan fingerprint density at radius 3 is 2.23 bits per heavy atom. The van der Waals surface area contributed by atoms with Crippen LogP contribution in [0.1, 0.15) is 66.6 Å². The van der Waals surface area contributed by atoms with Gasteiger partial charge in [-0.3, -0.25) is 4.79 Å². The molecule has 0 aliphatic heterocycles. The molecule has 4 aromatic rings. The molecule has 0 aliphatic rings. The molecule has 0 bridgehead atoms. The zero-order valence-corrected chi connectivity index (χ0v) is 25.7. The van der Waals surface area contributed by atoms with Crippen LogP contribution < -0.4 is 4.74 Å². The van der Waals surface area contributed by atoms with Crippen LogP contribution in [0.4, 0.5) is 0 Å². The highest BCUT2D eigenvalue weighted by atomic mass is 16.5. The zero-order chi connectivity index (χ0) is 31.0. The van der Waals surface area contributed by atoms with Crippen LogP contribution in [-0.4, -0.2) is 25.2 Å². The summed E-state index contributed by atoms with van der Waals surface area (Å²) in [4.78, 5) is 23.9. The van der Waals surface area contributed by atoms with Crippen LogP contribution in [0, 0.1) is 5.92 Å². The van der Waals surface area contributed by atoms with Gasteiger partial charge in [0.2, 0.25) is 0 Å². The molecule has 4 rings (SSSR count). The molecule has 44 heavy (non-hydrogen) atoms. The van der Waals surface area contributed by atoms with E-state index in [0.717, 1.165) is 53.7 Å². The van der Waals surface area contributed by atoms with E-state index in [1.165, 1.54) is 5.56 Å². The van der Waals surface area contributed by atoms with Gasteiger partial charge in [0.15, 0.2) is 0 Å². The monoisotopic (exact) mass is 590 g/mol. The zero-order valence-electron chi connectivity index (χ0n) is 25.7. The highest BCUT2D eigenvalue weighted by Gasteiger charge is 2.12. The van der Waals surface area contributed by atoms with E-state index in [1.807, 2.05) is 61.5 Å². The number of carbonyl (C=O) groups is 2. The van der Waals surface area contributed by atoms with Gasteiger partial charge >= 0.3 is 11.9 Å². The third kappa shape index (κ3) is 9.98. The molecule has 1 unspecified atom stereocenters. The summed E-state index contributed by atoms with van der Waals surface area (Å²) in [6.07, 6.45) is 8.23. The molecule has 5 nitrogen and oxygen atoms in total. The first-order valence-electron chi connectivity index (χ1n) is 15.5. The van der Waals surface area contributed by atoms with Crippen molar-refractivity contribution < 1.29 is 23.8 Å². The Balaban J connectivity index is 1.47. The average Bonchev–Trinajstić information content (AvgIpc) is 3.06. The first-order valence-corrected chi connectivity index (χ1v) is 15.5. The van der Waals surface area contributed by atoms with Gasteiger partial charge < -0.3 is 14.2 Å².